The van der Waals surface area contributed by atoms with Gasteiger partial charge in [0.05, 0.1) is 33.2 Å². The van der Waals surface area contributed by atoms with E-state index >= 15 is 0 Å². The molecule has 2 aromatic heterocycles. The number of nitrogens with zero attached hydrogens (tertiary/aromatic N) is 4. The maximum Gasteiger partial charge on any atom is 0.239 e. The minimum absolute atomic E-state index is 0.0570. The second-order valence-corrected chi connectivity index (χ2v) is 9.54. The molecule has 0 radical (unpaired) electrons. The summed E-state index contributed by atoms with van der Waals surface area (Å²) in [5, 5.41) is 22.2. The molecule has 164 valence electrons. The van der Waals surface area contributed by atoms with Crippen molar-refractivity contribution < 1.29 is 9.53 Å². The van der Waals surface area contributed by atoms with Crippen molar-refractivity contribution in [3.05, 3.63) is 34.9 Å². The summed E-state index contributed by atoms with van der Waals surface area (Å²) in [6.45, 7) is 7.96. The zero-order valence-corrected chi connectivity index (χ0v) is 19.7. The minimum atomic E-state index is -0.576. The SMILES string of the molecule is CCOc1ccc2nc(NC(=O)C(C)Sc3nc(N)c(C#N)c(C(C)C)c3C#N)sc2c1. The highest BCUT2D eigenvalue weighted by Crippen LogP contribution is 2.35. The van der Waals surface area contributed by atoms with E-state index in [-0.39, 0.29) is 28.8 Å². The van der Waals surface area contributed by atoms with Gasteiger partial charge >= 0.3 is 0 Å². The van der Waals surface area contributed by atoms with Crippen LogP contribution >= 0.6 is 23.1 Å². The molecule has 3 rings (SSSR count). The first-order valence-electron chi connectivity index (χ1n) is 9.93. The van der Waals surface area contributed by atoms with Crippen LogP contribution in [0.15, 0.2) is 23.2 Å². The molecule has 1 unspecified atom stereocenters. The smallest absolute Gasteiger partial charge is 0.239 e. The largest absolute Gasteiger partial charge is 0.494 e. The molecule has 3 aromatic rings. The van der Waals surface area contributed by atoms with E-state index in [0.29, 0.717) is 22.3 Å². The molecule has 0 aliphatic rings. The van der Waals surface area contributed by atoms with Gasteiger partial charge in [-0.05, 0) is 43.5 Å². The van der Waals surface area contributed by atoms with Crippen molar-refractivity contribution in [1.82, 2.24) is 9.97 Å². The van der Waals surface area contributed by atoms with Gasteiger partial charge in [-0.1, -0.05) is 36.9 Å². The molecule has 1 atom stereocenters. The molecule has 0 spiro atoms. The van der Waals surface area contributed by atoms with Crippen LogP contribution in [0.5, 0.6) is 5.75 Å². The summed E-state index contributed by atoms with van der Waals surface area (Å²) in [5.41, 5.74) is 7.77. The fourth-order valence-corrected chi connectivity index (χ4v) is 4.95. The summed E-state index contributed by atoms with van der Waals surface area (Å²) in [5.74, 6) is 0.428. The maximum absolute atomic E-state index is 12.8. The number of nitrogens with one attached hydrogen (secondary N) is 1. The molecule has 0 fully saturated rings. The number of pyridine rings is 1. The molecule has 8 nitrogen and oxygen atoms in total. The molecule has 3 N–H and O–H groups in total. The average molecular weight is 467 g/mol. The van der Waals surface area contributed by atoms with Crippen molar-refractivity contribution in [3.63, 3.8) is 0 Å². The number of benzene rings is 1. The number of nitrogens with two attached hydrogens (primary N) is 1. The number of carbonyl (C=O) groups is 1. The third-order valence-corrected chi connectivity index (χ3v) is 6.61. The lowest BCUT2D eigenvalue weighted by Gasteiger charge is -2.17. The Morgan fingerprint density at radius 1 is 1.25 bits per heavy atom. The first-order valence-corrected chi connectivity index (χ1v) is 11.6. The number of amides is 1. The average Bonchev–Trinajstić information content (AvgIpc) is 3.14. The number of rotatable bonds is 7. The summed E-state index contributed by atoms with van der Waals surface area (Å²) in [6.07, 6.45) is 0. The van der Waals surface area contributed by atoms with Gasteiger partial charge in [0.25, 0.3) is 0 Å². The number of ether oxygens (including phenoxy) is 1. The molecule has 0 bridgehead atoms. The predicted octanol–water partition coefficient (Wildman–Crippen LogP) is 4.66. The number of aromatic nitrogens is 2. The Morgan fingerprint density at radius 2 is 1.97 bits per heavy atom. The van der Waals surface area contributed by atoms with Gasteiger partial charge in [-0.15, -0.1) is 0 Å². The Kier molecular flexibility index (Phi) is 7.18. The first-order chi connectivity index (χ1) is 15.3. The van der Waals surface area contributed by atoms with E-state index in [2.05, 4.69) is 21.4 Å². The number of hydrogen-bond acceptors (Lipinski definition) is 9. The Hall–Kier alpha value is -3.34. The standard InChI is InChI=1S/C22H22N6O2S2/c1-5-30-13-6-7-16-17(8-13)32-22(26-16)28-20(29)12(4)31-21-15(10-24)18(11(2)3)14(9-23)19(25)27-21/h6-8,11-12H,5H2,1-4H3,(H2,25,27)(H,26,28,29). The van der Waals surface area contributed by atoms with E-state index < -0.39 is 5.25 Å². The zero-order valence-electron chi connectivity index (χ0n) is 18.1. The van der Waals surface area contributed by atoms with Crippen LogP contribution in [-0.2, 0) is 4.79 Å². The number of anilines is 2. The van der Waals surface area contributed by atoms with Gasteiger partial charge in [-0.2, -0.15) is 10.5 Å². The van der Waals surface area contributed by atoms with Crippen molar-refractivity contribution in [3.8, 4) is 17.9 Å². The van der Waals surface area contributed by atoms with Gasteiger partial charge in [-0.25, -0.2) is 9.97 Å². The van der Waals surface area contributed by atoms with Gasteiger partial charge in [-0.3, -0.25) is 4.79 Å². The number of nitriles is 2. The van der Waals surface area contributed by atoms with Crippen LogP contribution in [0.1, 0.15) is 50.3 Å². The fraction of sp³-hybridized carbons (Fsp3) is 0.318. The highest BCUT2D eigenvalue weighted by Gasteiger charge is 2.25. The Bertz CT molecular complexity index is 1260. The van der Waals surface area contributed by atoms with Crippen LogP contribution in [0.3, 0.4) is 0 Å². The quantitative estimate of drug-likeness (QED) is 0.480. The number of hydrogen-bond donors (Lipinski definition) is 2. The Labute approximate surface area is 194 Å². The normalized spacial score (nSPS) is 11.7. The molecule has 32 heavy (non-hydrogen) atoms. The number of thiazole rings is 1. The lowest BCUT2D eigenvalue weighted by Crippen LogP contribution is -2.22. The monoisotopic (exact) mass is 466 g/mol. The predicted molar refractivity (Wildman–Crippen MR) is 127 cm³/mol. The molecule has 2 heterocycles. The van der Waals surface area contributed by atoms with E-state index in [0.717, 1.165) is 27.7 Å². The van der Waals surface area contributed by atoms with Crippen LogP contribution in [0, 0.1) is 22.7 Å². The number of fused-ring (bicyclic) bond motifs is 1. The van der Waals surface area contributed by atoms with Gasteiger partial charge in [0.15, 0.2) is 5.13 Å². The lowest BCUT2D eigenvalue weighted by atomic mass is 9.94. The van der Waals surface area contributed by atoms with Crippen LogP contribution in [0.4, 0.5) is 10.9 Å². The first kappa shape index (κ1) is 23.3. The van der Waals surface area contributed by atoms with E-state index in [4.69, 9.17) is 10.5 Å². The van der Waals surface area contributed by atoms with Gasteiger partial charge in [0, 0.05) is 0 Å². The van der Waals surface area contributed by atoms with Crippen LogP contribution in [-0.4, -0.2) is 27.7 Å². The molecule has 0 aliphatic carbocycles. The van der Waals surface area contributed by atoms with Crippen LogP contribution < -0.4 is 15.8 Å². The molecular weight excluding hydrogens is 444 g/mol. The summed E-state index contributed by atoms with van der Waals surface area (Å²) < 4.78 is 6.41. The Morgan fingerprint density at radius 3 is 2.59 bits per heavy atom. The minimum Gasteiger partial charge on any atom is -0.494 e. The fourth-order valence-electron chi connectivity index (χ4n) is 3.13. The number of carbonyl (C=O) groups excluding carboxylic acids is 1. The van der Waals surface area contributed by atoms with Crippen molar-refractivity contribution in [1.29, 1.82) is 10.5 Å². The van der Waals surface area contributed by atoms with Crippen molar-refractivity contribution in [2.45, 2.75) is 43.9 Å². The molecule has 0 saturated heterocycles. The highest BCUT2D eigenvalue weighted by atomic mass is 32.2. The maximum atomic E-state index is 12.8. The van der Waals surface area contributed by atoms with E-state index in [1.165, 1.54) is 11.3 Å². The van der Waals surface area contributed by atoms with Crippen molar-refractivity contribution in [2.24, 2.45) is 0 Å². The molecule has 1 aromatic carbocycles. The van der Waals surface area contributed by atoms with Gasteiger partial charge in [0.2, 0.25) is 5.91 Å². The van der Waals surface area contributed by atoms with Crippen LogP contribution in [0.2, 0.25) is 0 Å². The molecule has 0 saturated carbocycles. The van der Waals surface area contributed by atoms with Crippen molar-refractivity contribution >= 4 is 50.2 Å². The van der Waals surface area contributed by atoms with Gasteiger partial charge < -0.3 is 15.8 Å². The molecule has 10 heteroatoms. The molecule has 1 amide bonds. The summed E-state index contributed by atoms with van der Waals surface area (Å²) in [4.78, 5) is 21.5. The van der Waals surface area contributed by atoms with E-state index in [9.17, 15) is 15.3 Å². The van der Waals surface area contributed by atoms with Crippen LogP contribution in [0.25, 0.3) is 10.2 Å². The molecule has 0 aliphatic heterocycles. The summed E-state index contributed by atoms with van der Waals surface area (Å²) in [6, 6.07) is 9.75. The van der Waals surface area contributed by atoms with Crippen molar-refractivity contribution in [2.75, 3.05) is 17.7 Å². The highest BCUT2D eigenvalue weighted by molar-refractivity contribution is 8.00. The summed E-state index contributed by atoms with van der Waals surface area (Å²) in [7, 11) is 0. The second kappa shape index (κ2) is 9.86. The van der Waals surface area contributed by atoms with Gasteiger partial charge in [0.1, 0.15) is 28.7 Å². The molecular formula is C22H22N6O2S2. The van der Waals surface area contributed by atoms with E-state index in [1.807, 2.05) is 45.0 Å². The number of thioether (sulfide) groups is 1. The topological polar surface area (TPSA) is 138 Å². The summed E-state index contributed by atoms with van der Waals surface area (Å²) >= 11 is 2.48. The zero-order chi connectivity index (χ0) is 23.4. The number of nitrogen functional groups attached to an aromatic ring is 1. The Balaban J connectivity index is 1.82. The van der Waals surface area contributed by atoms with E-state index in [1.54, 1.807) is 6.92 Å². The third kappa shape index (κ3) is 4.77. The lowest BCUT2D eigenvalue weighted by molar-refractivity contribution is -0.115. The third-order valence-electron chi connectivity index (χ3n) is 4.59. The second-order valence-electron chi connectivity index (χ2n) is 7.18.